The van der Waals surface area contributed by atoms with Crippen molar-refractivity contribution in [2.75, 3.05) is 5.43 Å². The van der Waals surface area contributed by atoms with E-state index in [0.717, 1.165) is 19.3 Å². The highest BCUT2D eigenvalue weighted by Gasteiger charge is 2.19. The van der Waals surface area contributed by atoms with Gasteiger partial charge in [0.15, 0.2) is 0 Å². The molecule has 0 saturated heterocycles. The predicted molar refractivity (Wildman–Crippen MR) is 134 cm³/mol. The van der Waals surface area contributed by atoms with Crippen molar-refractivity contribution < 1.29 is 19.0 Å². The molecular weight excluding hydrogens is 649 g/mol. The average Bonchev–Trinajstić information content (AvgIpc) is 2.74. The van der Waals surface area contributed by atoms with E-state index in [2.05, 4.69) is 55.7 Å². The number of non-ortho nitro benzene ring substituents is 1. The SMILES string of the molecule is O=[N+]([O-])c1ccc(N/N=C/c2cc(I)c(OCc3ccccc3F)c(I)c2)c([N+](=O)[O-])c1. The number of anilines is 1. The van der Waals surface area contributed by atoms with E-state index in [9.17, 15) is 24.6 Å². The van der Waals surface area contributed by atoms with Crippen molar-refractivity contribution in [1.29, 1.82) is 0 Å². The van der Waals surface area contributed by atoms with E-state index >= 15 is 0 Å². The van der Waals surface area contributed by atoms with Crippen LogP contribution in [0, 0.1) is 33.2 Å². The van der Waals surface area contributed by atoms with E-state index in [-0.39, 0.29) is 23.8 Å². The number of nitrogens with one attached hydrogen (secondary N) is 1. The quantitative estimate of drug-likeness (QED) is 0.139. The molecule has 0 aliphatic rings. The van der Waals surface area contributed by atoms with Gasteiger partial charge in [0.05, 0.1) is 29.3 Å². The Labute approximate surface area is 208 Å². The summed E-state index contributed by atoms with van der Waals surface area (Å²) in [6.45, 7) is 0.0808. The van der Waals surface area contributed by atoms with Gasteiger partial charge < -0.3 is 4.74 Å². The second-order valence-corrected chi connectivity index (χ2v) is 8.60. The second kappa shape index (κ2) is 10.6. The number of halogens is 3. The third-order valence-corrected chi connectivity index (χ3v) is 5.74. The van der Waals surface area contributed by atoms with Crippen molar-refractivity contribution in [2.45, 2.75) is 6.61 Å². The lowest BCUT2D eigenvalue weighted by molar-refractivity contribution is -0.393. The zero-order valence-corrected chi connectivity index (χ0v) is 20.3. The molecule has 3 rings (SSSR count). The van der Waals surface area contributed by atoms with Crippen LogP contribution in [0.3, 0.4) is 0 Å². The first-order valence-electron chi connectivity index (χ1n) is 8.83. The molecule has 12 heteroatoms. The predicted octanol–water partition coefficient (Wildman–Crippen LogP) is 5.88. The van der Waals surface area contributed by atoms with Crippen LogP contribution in [0.15, 0.2) is 59.7 Å². The Balaban J connectivity index is 1.74. The number of hydrazone groups is 1. The van der Waals surface area contributed by atoms with Gasteiger partial charge in [0.1, 0.15) is 23.9 Å². The van der Waals surface area contributed by atoms with Gasteiger partial charge in [-0.25, -0.2) is 4.39 Å². The third-order valence-electron chi connectivity index (χ3n) is 4.14. The maximum Gasteiger partial charge on any atom is 0.301 e. The molecule has 0 aliphatic carbocycles. The summed E-state index contributed by atoms with van der Waals surface area (Å²) in [7, 11) is 0. The molecule has 0 bridgehead atoms. The highest BCUT2D eigenvalue weighted by atomic mass is 127. The van der Waals surface area contributed by atoms with Crippen LogP contribution in [0.1, 0.15) is 11.1 Å². The Kier molecular flexibility index (Phi) is 7.89. The van der Waals surface area contributed by atoms with Gasteiger partial charge in [-0.1, -0.05) is 18.2 Å². The number of nitro benzene ring substituents is 2. The van der Waals surface area contributed by atoms with Crippen molar-refractivity contribution in [2.24, 2.45) is 5.10 Å². The van der Waals surface area contributed by atoms with Crippen molar-refractivity contribution in [1.82, 2.24) is 0 Å². The smallest absolute Gasteiger partial charge is 0.301 e. The Hall–Kier alpha value is -2.88. The third kappa shape index (κ3) is 5.87. The summed E-state index contributed by atoms with van der Waals surface area (Å²) >= 11 is 4.18. The molecule has 0 fully saturated rings. The number of benzene rings is 3. The first-order chi connectivity index (χ1) is 15.3. The largest absolute Gasteiger partial charge is 0.487 e. The van der Waals surface area contributed by atoms with Gasteiger partial charge >= 0.3 is 5.69 Å². The van der Waals surface area contributed by atoms with E-state index in [1.807, 2.05) is 0 Å². The molecule has 0 atom stereocenters. The van der Waals surface area contributed by atoms with E-state index < -0.39 is 15.5 Å². The number of nitrogens with zero attached hydrogens (tertiary/aromatic N) is 3. The Morgan fingerprint density at radius 2 is 1.72 bits per heavy atom. The maximum atomic E-state index is 13.8. The fourth-order valence-electron chi connectivity index (χ4n) is 2.61. The first-order valence-corrected chi connectivity index (χ1v) is 11.0. The summed E-state index contributed by atoms with van der Waals surface area (Å²) in [6.07, 6.45) is 1.45. The van der Waals surface area contributed by atoms with Gasteiger partial charge in [-0.2, -0.15) is 5.10 Å². The van der Waals surface area contributed by atoms with Gasteiger partial charge in [-0.3, -0.25) is 25.7 Å². The topological polar surface area (TPSA) is 120 Å². The van der Waals surface area contributed by atoms with Gasteiger partial charge in [0.25, 0.3) is 5.69 Å². The zero-order chi connectivity index (χ0) is 23.3. The van der Waals surface area contributed by atoms with Crippen LogP contribution in [0.25, 0.3) is 0 Å². The zero-order valence-electron chi connectivity index (χ0n) is 16.0. The molecule has 3 aromatic rings. The van der Waals surface area contributed by atoms with Crippen molar-refractivity contribution in [3.05, 3.63) is 98.9 Å². The van der Waals surface area contributed by atoms with Gasteiger partial charge in [0.2, 0.25) is 0 Å². The number of hydrogen-bond donors (Lipinski definition) is 1. The molecule has 164 valence electrons. The molecule has 0 spiro atoms. The Morgan fingerprint density at radius 3 is 2.34 bits per heavy atom. The maximum absolute atomic E-state index is 13.8. The highest BCUT2D eigenvalue weighted by Crippen LogP contribution is 2.30. The van der Waals surface area contributed by atoms with Crippen LogP contribution >= 0.6 is 45.2 Å². The van der Waals surface area contributed by atoms with E-state index in [1.165, 1.54) is 18.3 Å². The number of ether oxygens (including phenoxy) is 1. The van der Waals surface area contributed by atoms with Crippen molar-refractivity contribution >= 4 is 68.5 Å². The normalized spacial score (nSPS) is 10.8. The van der Waals surface area contributed by atoms with E-state index in [1.54, 1.807) is 30.3 Å². The summed E-state index contributed by atoms with van der Waals surface area (Å²) in [5, 5.41) is 26.0. The Bertz CT molecular complexity index is 1200. The van der Waals surface area contributed by atoms with Crippen LogP contribution in [-0.2, 0) is 6.61 Å². The van der Waals surface area contributed by atoms with Crippen LogP contribution in [0.5, 0.6) is 5.75 Å². The lowest BCUT2D eigenvalue weighted by atomic mass is 10.2. The Morgan fingerprint density at radius 1 is 1.03 bits per heavy atom. The number of hydrogen-bond acceptors (Lipinski definition) is 7. The van der Waals surface area contributed by atoms with Crippen molar-refractivity contribution in [3.8, 4) is 5.75 Å². The summed E-state index contributed by atoms with van der Waals surface area (Å²) in [5.41, 5.74) is 2.85. The molecular formula is C20H13FI2N4O5. The van der Waals surface area contributed by atoms with Gasteiger partial charge in [-0.05, 0) is 75.0 Å². The number of rotatable bonds is 8. The minimum absolute atomic E-state index is 0.0195. The van der Waals surface area contributed by atoms with E-state index in [0.29, 0.717) is 16.9 Å². The van der Waals surface area contributed by atoms with Gasteiger partial charge in [0, 0.05) is 11.6 Å². The molecule has 0 heterocycles. The van der Waals surface area contributed by atoms with Crippen LogP contribution in [0.4, 0.5) is 21.5 Å². The van der Waals surface area contributed by atoms with Crippen molar-refractivity contribution in [3.63, 3.8) is 0 Å². The van der Waals surface area contributed by atoms with Crippen LogP contribution < -0.4 is 10.2 Å². The monoisotopic (exact) mass is 662 g/mol. The molecule has 0 unspecified atom stereocenters. The standard InChI is InChI=1S/C20H13FI2N4O5/c21-15-4-2-1-3-13(15)11-32-20-16(22)7-12(8-17(20)23)10-24-25-18-6-5-14(26(28)29)9-19(18)27(30)31/h1-10,25H,11H2/b24-10+. The second-order valence-electron chi connectivity index (χ2n) is 6.28. The fourth-order valence-corrected chi connectivity index (χ4v) is 4.74. The molecule has 32 heavy (non-hydrogen) atoms. The average molecular weight is 662 g/mol. The number of nitro groups is 2. The summed E-state index contributed by atoms with van der Waals surface area (Å²) < 4.78 is 21.1. The lowest BCUT2D eigenvalue weighted by Crippen LogP contribution is -2.02. The summed E-state index contributed by atoms with van der Waals surface area (Å²) in [6, 6.07) is 13.2. The van der Waals surface area contributed by atoms with Gasteiger partial charge in [-0.15, -0.1) is 0 Å². The van der Waals surface area contributed by atoms with Crippen LogP contribution in [0.2, 0.25) is 0 Å². The lowest BCUT2D eigenvalue weighted by Gasteiger charge is -2.12. The summed E-state index contributed by atoms with van der Waals surface area (Å²) in [5.74, 6) is 0.262. The molecule has 0 saturated carbocycles. The minimum Gasteiger partial charge on any atom is -0.487 e. The molecule has 3 aromatic carbocycles. The molecule has 0 amide bonds. The summed E-state index contributed by atoms with van der Waals surface area (Å²) in [4.78, 5) is 20.6. The van der Waals surface area contributed by atoms with E-state index in [4.69, 9.17) is 4.74 Å². The molecule has 0 radical (unpaired) electrons. The molecule has 0 aromatic heterocycles. The molecule has 1 N–H and O–H groups in total. The first kappa shape index (κ1) is 23.8. The fraction of sp³-hybridized carbons (Fsp3) is 0.0500. The molecule has 9 nitrogen and oxygen atoms in total. The minimum atomic E-state index is -0.724. The molecule has 0 aliphatic heterocycles. The highest BCUT2D eigenvalue weighted by molar-refractivity contribution is 14.1. The van der Waals surface area contributed by atoms with Crippen LogP contribution in [-0.4, -0.2) is 16.1 Å².